The Hall–Kier alpha value is -1.87. The second kappa shape index (κ2) is 6.71. The molecular weight excluding hydrogens is 336 g/mol. The normalized spacial score (nSPS) is 14.0. The quantitative estimate of drug-likeness (QED) is 0.367. The van der Waals surface area contributed by atoms with Crippen LogP contribution in [0, 0.1) is 0 Å². The minimum atomic E-state index is -4.23. The molecule has 0 aliphatic heterocycles. The summed E-state index contributed by atoms with van der Waals surface area (Å²) >= 11 is 3.84. The number of thiol groups is 1. The third-order valence-electron chi connectivity index (χ3n) is 3.47. The predicted octanol–water partition coefficient (Wildman–Crippen LogP) is 1.22. The Labute approximate surface area is 139 Å². The van der Waals surface area contributed by atoms with Crippen molar-refractivity contribution in [2.24, 2.45) is 5.73 Å². The molecule has 23 heavy (non-hydrogen) atoms. The van der Waals surface area contributed by atoms with Gasteiger partial charge in [0.05, 0.1) is 4.90 Å². The lowest BCUT2D eigenvalue weighted by Crippen LogP contribution is -2.60. The van der Waals surface area contributed by atoms with Crippen LogP contribution in [0.3, 0.4) is 0 Å². The van der Waals surface area contributed by atoms with Gasteiger partial charge in [0, 0.05) is 5.75 Å². The molecule has 2 aromatic rings. The Morgan fingerprint density at radius 2 is 1.61 bits per heavy atom. The van der Waals surface area contributed by atoms with Crippen LogP contribution in [-0.4, -0.2) is 30.2 Å². The number of carbonyl (C=O) groups is 1. The van der Waals surface area contributed by atoms with Crippen molar-refractivity contribution in [1.29, 1.82) is 0 Å². The average molecular weight is 352 g/mol. The van der Waals surface area contributed by atoms with E-state index in [1.807, 2.05) is 30.3 Å². The molecule has 8 heteroatoms. The van der Waals surface area contributed by atoms with Gasteiger partial charge in [0.2, 0.25) is 14.7 Å². The molecule has 2 rings (SSSR count). The van der Waals surface area contributed by atoms with E-state index in [0.717, 1.165) is 11.1 Å². The molecule has 0 aromatic heterocycles. The molecule has 0 saturated heterocycles. The summed E-state index contributed by atoms with van der Waals surface area (Å²) in [6.45, 7) is 0. The highest BCUT2D eigenvalue weighted by Crippen LogP contribution is 2.26. The van der Waals surface area contributed by atoms with Crippen LogP contribution in [0.15, 0.2) is 59.5 Å². The number of nitrogens with two attached hydrogens (primary N) is 1. The lowest BCUT2D eigenvalue weighted by molar-refractivity contribution is -0.131. The van der Waals surface area contributed by atoms with E-state index < -0.39 is 26.4 Å². The van der Waals surface area contributed by atoms with E-state index in [0.29, 0.717) is 0 Å². The number of rotatable bonds is 5. The zero-order valence-corrected chi connectivity index (χ0v) is 13.7. The zero-order chi connectivity index (χ0) is 17.1. The van der Waals surface area contributed by atoms with Gasteiger partial charge in [0.15, 0.2) is 0 Å². The van der Waals surface area contributed by atoms with E-state index in [4.69, 9.17) is 10.9 Å². The number of carbonyl (C=O) groups excluding carboxylic acids is 1. The maximum atomic E-state index is 12.6. The summed E-state index contributed by atoms with van der Waals surface area (Å²) < 4.78 is 25.2. The Balaban J connectivity index is 2.44. The molecule has 1 atom stereocenters. The standard InChI is InChI=1S/C15H16N2O4S2/c16-15(10-22,14(18)17-19)23(20,21)13-8-6-12(7-9-13)11-4-2-1-3-5-11/h1-9,19,22H,10,16H2,(H,17,18)/t15-/m1/s1. The van der Waals surface area contributed by atoms with Gasteiger partial charge >= 0.3 is 0 Å². The molecule has 0 spiro atoms. The fourth-order valence-electron chi connectivity index (χ4n) is 2.04. The molecule has 0 bridgehead atoms. The Morgan fingerprint density at radius 3 is 2.09 bits per heavy atom. The summed E-state index contributed by atoms with van der Waals surface area (Å²) in [6, 6.07) is 15.4. The summed E-state index contributed by atoms with van der Waals surface area (Å²) in [5, 5.41) is 8.73. The van der Waals surface area contributed by atoms with E-state index in [-0.39, 0.29) is 4.90 Å². The monoisotopic (exact) mass is 352 g/mol. The second-order valence-corrected chi connectivity index (χ2v) is 7.41. The van der Waals surface area contributed by atoms with Crippen LogP contribution in [0.4, 0.5) is 0 Å². The number of hydroxylamine groups is 1. The minimum Gasteiger partial charge on any atom is -0.304 e. The summed E-state index contributed by atoms with van der Waals surface area (Å²) in [5.74, 6) is -1.72. The lowest BCUT2D eigenvalue weighted by atomic mass is 10.1. The molecule has 0 radical (unpaired) electrons. The molecule has 6 nitrogen and oxygen atoms in total. The van der Waals surface area contributed by atoms with Crippen LogP contribution in [-0.2, 0) is 14.6 Å². The first-order valence-corrected chi connectivity index (χ1v) is 8.73. The Kier molecular flexibility index (Phi) is 5.10. The van der Waals surface area contributed by atoms with E-state index in [2.05, 4.69) is 12.6 Å². The smallest absolute Gasteiger partial charge is 0.280 e. The largest absolute Gasteiger partial charge is 0.304 e. The van der Waals surface area contributed by atoms with E-state index in [1.54, 1.807) is 12.1 Å². The Bertz CT molecular complexity index is 792. The third kappa shape index (κ3) is 3.11. The first-order chi connectivity index (χ1) is 10.9. The summed E-state index contributed by atoms with van der Waals surface area (Å²) in [7, 11) is -4.23. The van der Waals surface area contributed by atoms with Gasteiger partial charge in [-0.3, -0.25) is 10.0 Å². The van der Waals surface area contributed by atoms with Gasteiger partial charge < -0.3 is 5.73 Å². The molecule has 122 valence electrons. The van der Waals surface area contributed by atoms with Crippen LogP contribution < -0.4 is 11.2 Å². The first kappa shape index (κ1) is 17.5. The second-order valence-electron chi connectivity index (χ2n) is 4.88. The van der Waals surface area contributed by atoms with Crippen LogP contribution in [0.25, 0.3) is 11.1 Å². The van der Waals surface area contributed by atoms with Crippen molar-refractivity contribution in [1.82, 2.24) is 5.48 Å². The van der Waals surface area contributed by atoms with Gasteiger partial charge in [-0.2, -0.15) is 12.6 Å². The van der Waals surface area contributed by atoms with Crippen LogP contribution in [0.5, 0.6) is 0 Å². The molecule has 0 aliphatic carbocycles. The van der Waals surface area contributed by atoms with Crippen molar-refractivity contribution >= 4 is 28.4 Å². The molecule has 4 N–H and O–H groups in total. The maximum absolute atomic E-state index is 12.6. The number of amides is 1. The molecule has 1 amide bonds. The first-order valence-electron chi connectivity index (χ1n) is 6.61. The third-order valence-corrected chi connectivity index (χ3v) is 6.37. The van der Waals surface area contributed by atoms with Gasteiger partial charge in [-0.1, -0.05) is 42.5 Å². The van der Waals surface area contributed by atoms with E-state index in [9.17, 15) is 13.2 Å². The lowest BCUT2D eigenvalue weighted by Gasteiger charge is -2.24. The van der Waals surface area contributed by atoms with E-state index in [1.165, 1.54) is 17.6 Å². The molecule has 2 aromatic carbocycles. The highest BCUT2D eigenvalue weighted by Gasteiger charge is 2.47. The van der Waals surface area contributed by atoms with Crippen molar-refractivity contribution in [3.8, 4) is 11.1 Å². The van der Waals surface area contributed by atoms with Crippen LogP contribution in [0.2, 0.25) is 0 Å². The number of hydrogen-bond acceptors (Lipinski definition) is 6. The summed E-state index contributed by atoms with van der Waals surface area (Å²) in [6.07, 6.45) is 0. The van der Waals surface area contributed by atoms with Crippen molar-refractivity contribution in [3.05, 3.63) is 54.6 Å². The number of nitrogens with one attached hydrogen (secondary N) is 1. The molecular formula is C15H16N2O4S2. The number of sulfone groups is 1. The Morgan fingerprint density at radius 1 is 1.09 bits per heavy atom. The molecule has 0 unspecified atom stereocenters. The van der Waals surface area contributed by atoms with Crippen molar-refractivity contribution in [2.45, 2.75) is 9.77 Å². The molecule has 0 heterocycles. The van der Waals surface area contributed by atoms with Gasteiger partial charge in [0.1, 0.15) is 0 Å². The SMILES string of the molecule is N[C@@](CS)(C(=O)NO)S(=O)(=O)c1ccc(-c2ccccc2)cc1. The molecule has 0 saturated carbocycles. The highest BCUT2D eigenvalue weighted by atomic mass is 32.2. The average Bonchev–Trinajstić information content (AvgIpc) is 2.60. The zero-order valence-electron chi connectivity index (χ0n) is 12.0. The number of hydrogen-bond donors (Lipinski definition) is 4. The predicted molar refractivity (Wildman–Crippen MR) is 89.8 cm³/mol. The highest BCUT2D eigenvalue weighted by molar-refractivity contribution is 7.94. The maximum Gasteiger partial charge on any atom is 0.280 e. The fourth-order valence-corrected chi connectivity index (χ4v) is 4.07. The van der Waals surface area contributed by atoms with Gasteiger partial charge in [-0.15, -0.1) is 0 Å². The van der Waals surface area contributed by atoms with E-state index >= 15 is 0 Å². The topological polar surface area (TPSA) is 109 Å². The van der Waals surface area contributed by atoms with Crippen molar-refractivity contribution in [3.63, 3.8) is 0 Å². The summed E-state index contributed by atoms with van der Waals surface area (Å²) in [4.78, 5) is 9.17. The van der Waals surface area contributed by atoms with Crippen LogP contribution in [0.1, 0.15) is 0 Å². The van der Waals surface area contributed by atoms with Gasteiger partial charge in [-0.05, 0) is 23.3 Å². The molecule has 0 aliphatic rings. The van der Waals surface area contributed by atoms with Gasteiger partial charge in [0.25, 0.3) is 5.91 Å². The van der Waals surface area contributed by atoms with Crippen molar-refractivity contribution in [2.75, 3.05) is 5.75 Å². The van der Waals surface area contributed by atoms with Crippen LogP contribution >= 0.6 is 12.6 Å². The number of benzene rings is 2. The minimum absolute atomic E-state index is 0.127. The summed E-state index contributed by atoms with van der Waals surface area (Å²) in [5.41, 5.74) is 8.70. The molecule has 0 fully saturated rings. The fraction of sp³-hybridized carbons (Fsp3) is 0.133. The van der Waals surface area contributed by atoms with Crippen molar-refractivity contribution < 1.29 is 18.4 Å². The van der Waals surface area contributed by atoms with Gasteiger partial charge in [-0.25, -0.2) is 13.9 Å².